The van der Waals surface area contributed by atoms with Crippen LogP contribution in [0.4, 0.5) is 10.5 Å². The van der Waals surface area contributed by atoms with E-state index < -0.39 is 17.1 Å². The molecule has 0 heterocycles. The van der Waals surface area contributed by atoms with E-state index in [-0.39, 0.29) is 17.9 Å². The fourth-order valence-electron chi connectivity index (χ4n) is 1.49. The number of nitro benzene ring substituents is 1. The maximum Gasteiger partial charge on any atom is 0.418 e. The summed E-state index contributed by atoms with van der Waals surface area (Å²) in [5.74, 6) is -0.322. The normalized spacial score (nSPS) is 11.7. The van der Waals surface area contributed by atoms with Crippen LogP contribution in [0, 0.1) is 10.1 Å². The van der Waals surface area contributed by atoms with Crippen LogP contribution in [0.5, 0.6) is 0 Å². The van der Waals surface area contributed by atoms with E-state index in [1.165, 1.54) is 31.2 Å². The average Bonchev–Trinajstić information content (AvgIpc) is 2.35. The Morgan fingerprint density at radius 3 is 2.32 bits per heavy atom. The van der Waals surface area contributed by atoms with Gasteiger partial charge in [-0.05, 0) is 12.5 Å². The first kappa shape index (κ1) is 15.1. The van der Waals surface area contributed by atoms with E-state index in [2.05, 4.69) is 16.1 Å². The molecule has 1 rings (SSSR count). The van der Waals surface area contributed by atoms with Crippen LogP contribution >= 0.6 is 16.1 Å². The Morgan fingerprint density at radius 1 is 1.42 bits per heavy atom. The average molecular weight is 331 g/mol. The molecule has 8 heteroatoms. The van der Waals surface area contributed by atoms with Crippen LogP contribution in [-0.2, 0) is 11.2 Å². The molecule has 0 aliphatic carbocycles. The highest BCUT2D eigenvalue weighted by atomic mass is 79.9. The predicted octanol–water partition coefficient (Wildman–Crippen LogP) is 2.38. The van der Waals surface area contributed by atoms with E-state index in [1.54, 1.807) is 0 Å². The monoisotopic (exact) mass is 330 g/mol. The van der Waals surface area contributed by atoms with Gasteiger partial charge in [-0.3, -0.25) is 14.9 Å². The molecule has 0 bridgehead atoms. The summed E-state index contributed by atoms with van der Waals surface area (Å²) in [5.41, 5.74) is 0.577. The zero-order valence-corrected chi connectivity index (χ0v) is 11.5. The van der Waals surface area contributed by atoms with Gasteiger partial charge >= 0.3 is 6.09 Å². The van der Waals surface area contributed by atoms with Gasteiger partial charge in [0, 0.05) is 18.6 Å². The molecule has 0 spiro atoms. The molecule has 1 unspecified atom stereocenters. The molecule has 1 aromatic carbocycles. The van der Waals surface area contributed by atoms with E-state index in [4.69, 9.17) is 5.11 Å². The molecule has 1 N–H and O–H groups in total. The highest BCUT2D eigenvalue weighted by molar-refractivity contribution is 9.07. The number of hydrogen-bond acceptors (Lipinski definition) is 4. The van der Waals surface area contributed by atoms with Crippen LogP contribution in [0.2, 0.25) is 0 Å². The van der Waals surface area contributed by atoms with Gasteiger partial charge in [-0.2, -0.15) is 0 Å². The van der Waals surface area contributed by atoms with Gasteiger partial charge in [-0.15, -0.1) is 0 Å². The van der Waals surface area contributed by atoms with Gasteiger partial charge in [0.05, 0.1) is 21.1 Å². The first-order valence-electron chi connectivity index (χ1n) is 5.24. The van der Waals surface area contributed by atoms with Crippen molar-refractivity contribution in [3.05, 3.63) is 39.9 Å². The summed E-state index contributed by atoms with van der Waals surface area (Å²) in [7, 11) is 0. The maximum atomic E-state index is 11.4. The minimum Gasteiger partial charge on any atom is -0.464 e. The number of hydrogen-bond donors (Lipinski definition) is 1. The standard InChI is InChI=1S/C11H11BrN2O5/c1-7(15)10(13(12)11(16)17)6-8-2-4-9(5-3-8)14(18)19/h2-5,10H,6H2,1H3,(H,16,17). The fraction of sp³-hybridized carbons (Fsp3) is 0.273. The van der Waals surface area contributed by atoms with Gasteiger partial charge < -0.3 is 5.11 Å². The lowest BCUT2D eigenvalue weighted by Crippen LogP contribution is -2.38. The van der Waals surface area contributed by atoms with E-state index in [1.807, 2.05) is 0 Å². The topological polar surface area (TPSA) is 101 Å². The first-order valence-corrected chi connectivity index (χ1v) is 5.95. The molecule has 0 saturated heterocycles. The van der Waals surface area contributed by atoms with Gasteiger partial charge in [0.15, 0.2) is 5.78 Å². The number of amides is 1. The molecule has 0 aliphatic heterocycles. The number of benzene rings is 1. The van der Waals surface area contributed by atoms with Crippen molar-refractivity contribution in [3.8, 4) is 0 Å². The lowest BCUT2D eigenvalue weighted by atomic mass is 10.0. The van der Waals surface area contributed by atoms with Crippen molar-refractivity contribution in [1.29, 1.82) is 0 Å². The number of nitrogens with zero attached hydrogens (tertiary/aromatic N) is 2. The highest BCUT2D eigenvalue weighted by Gasteiger charge is 2.25. The van der Waals surface area contributed by atoms with E-state index >= 15 is 0 Å². The third-order valence-electron chi connectivity index (χ3n) is 2.50. The molecule has 0 aromatic heterocycles. The third kappa shape index (κ3) is 4.02. The lowest BCUT2D eigenvalue weighted by Gasteiger charge is -2.20. The van der Waals surface area contributed by atoms with Crippen molar-refractivity contribution < 1.29 is 19.6 Å². The number of rotatable bonds is 5. The van der Waals surface area contributed by atoms with E-state index in [0.29, 0.717) is 5.56 Å². The minimum atomic E-state index is -1.28. The van der Waals surface area contributed by atoms with E-state index in [0.717, 1.165) is 3.93 Å². The summed E-state index contributed by atoms with van der Waals surface area (Å²) in [6, 6.07) is 4.74. The van der Waals surface area contributed by atoms with Crippen molar-refractivity contribution in [2.24, 2.45) is 0 Å². The van der Waals surface area contributed by atoms with Crippen LogP contribution in [-0.4, -0.2) is 31.9 Å². The van der Waals surface area contributed by atoms with Crippen molar-refractivity contribution in [2.75, 3.05) is 0 Å². The van der Waals surface area contributed by atoms with E-state index in [9.17, 15) is 19.7 Å². The summed E-state index contributed by atoms with van der Waals surface area (Å²) in [6.07, 6.45) is -1.13. The Balaban J connectivity index is 2.88. The van der Waals surface area contributed by atoms with Crippen LogP contribution in [0.3, 0.4) is 0 Å². The molecule has 0 radical (unpaired) electrons. The van der Waals surface area contributed by atoms with Crippen LogP contribution in [0.25, 0.3) is 0 Å². The number of carboxylic acid groups (broad SMARTS) is 1. The quantitative estimate of drug-likeness (QED) is 0.507. The van der Waals surface area contributed by atoms with Crippen LogP contribution in [0.15, 0.2) is 24.3 Å². The molecule has 0 saturated carbocycles. The number of non-ortho nitro benzene ring substituents is 1. The Labute approximate surface area is 117 Å². The summed E-state index contributed by atoms with van der Waals surface area (Å²) >= 11 is 2.81. The van der Waals surface area contributed by atoms with Gasteiger partial charge in [0.2, 0.25) is 0 Å². The first-order chi connectivity index (χ1) is 8.82. The zero-order chi connectivity index (χ0) is 14.6. The molecular formula is C11H11BrN2O5. The van der Waals surface area contributed by atoms with Crippen molar-refractivity contribution in [2.45, 2.75) is 19.4 Å². The second-order valence-corrected chi connectivity index (χ2v) is 4.61. The molecule has 102 valence electrons. The number of halogens is 1. The Kier molecular flexibility index (Phi) is 4.99. The van der Waals surface area contributed by atoms with Crippen molar-refractivity contribution in [3.63, 3.8) is 0 Å². The van der Waals surface area contributed by atoms with Crippen LogP contribution < -0.4 is 0 Å². The van der Waals surface area contributed by atoms with Gasteiger partial charge in [-0.25, -0.2) is 8.72 Å². The molecule has 0 fully saturated rings. The van der Waals surface area contributed by atoms with Gasteiger partial charge in [0.25, 0.3) is 5.69 Å². The Morgan fingerprint density at radius 2 is 1.95 bits per heavy atom. The second-order valence-electron chi connectivity index (χ2n) is 3.85. The predicted molar refractivity (Wildman–Crippen MR) is 70.1 cm³/mol. The fourth-order valence-corrected chi connectivity index (χ4v) is 1.93. The molecule has 1 aromatic rings. The van der Waals surface area contributed by atoms with Crippen molar-refractivity contribution >= 4 is 33.7 Å². The number of ketones is 1. The smallest absolute Gasteiger partial charge is 0.418 e. The molecule has 1 amide bonds. The number of carbonyl (C=O) groups is 2. The summed E-state index contributed by atoms with van der Waals surface area (Å²) in [4.78, 5) is 32.2. The van der Waals surface area contributed by atoms with Crippen molar-refractivity contribution in [1.82, 2.24) is 3.93 Å². The second kappa shape index (κ2) is 6.28. The summed E-state index contributed by atoms with van der Waals surface area (Å²) in [6.45, 7) is 1.28. The number of Topliss-reactive ketones (excluding diaryl/α,β-unsaturated/α-hetero) is 1. The lowest BCUT2D eigenvalue weighted by molar-refractivity contribution is -0.384. The third-order valence-corrected chi connectivity index (χ3v) is 3.30. The number of carbonyl (C=O) groups excluding carboxylic acids is 1. The molecule has 1 atom stereocenters. The molecule has 0 aliphatic rings. The van der Waals surface area contributed by atoms with Gasteiger partial charge in [0.1, 0.15) is 6.04 Å². The van der Waals surface area contributed by atoms with Gasteiger partial charge in [-0.1, -0.05) is 12.1 Å². The SMILES string of the molecule is CC(=O)C(Cc1ccc([N+](=O)[O-])cc1)N(Br)C(=O)O. The summed E-state index contributed by atoms with van der Waals surface area (Å²) < 4.78 is 0.747. The molecule has 7 nitrogen and oxygen atoms in total. The zero-order valence-electron chi connectivity index (χ0n) is 9.95. The molecular weight excluding hydrogens is 320 g/mol. The molecule has 19 heavy (non-hydrogen) atoms. The van der Waals surface area contributed by atoms with Crippen LogP contribution in [0.1, 0.15) is 12.5 Å². The number of nitro groups is 1. The highest BCUT2D eigenvalue weighted by Crippen LogP contribution is 2.17. The summed E-state index contributed by atoms with van der Waals surface area (Å²) in [5, 5.41) is 19.3. The minimum absolute atomic E-state index is 0.0583. The Bertz CT molecular complexity index is 502. The Hall–Kier alpha value is -1.96. The largest absolute Gasteiger partial charge is 0.464 e. The maximum absolute atomic E-state index is 11.4.